The fraction of sp³-hybridized carbons (Fsp3) is 0.471. The second-order valence-electron chi connectivity index (χ2n) is 5.20. The lowest BCUT2D eigenvalue weighted by Crippen LogP contribution is -2.27. The Morgan fingerprint density at radius 3 is 2.68 bits per heavy atom. The van der Waals surface area contributed by atoms with Crippen LogP contribution in [0.15, 0.2) is 28.8 Å². The number of aromatic nitrogens is 2. The van der Waals surface area contributed by atoms with Gasteiger partial charge in [0.15, 0.2) is 0 Å². The molecule has 0 spiro atoms. The number of carbonyl (C=O) groups excluding carboxylic acids is 1. The van der Waals surface area contributed by atoms with E-state index in [1.54, 1.807) is 14.2 Å². The second-order valence-corrected chi connectivity index (χ2v) is 5.20. The summed E-state index contributed by atoms with van der Waals surface area (Å²) in [6.07, 6.45) is 0.668. The molecule has 0 aliphatic carbocycles. The fourth-order valence-electron chi connectivity index (χ4n) is 2.03. The van der Waals surface area contributed by atoms with Crippen molar-refractivity contribution in [3.05, 3.63) is 30.2 Å². The van der Waals surface area contributed by atoms with Crippen molar-refractivity contribution in [3.8, 4) is 17.1 Å². The number of benzene rings is 1. The van der Waals surface area contributed by atoms with Gasteiger partial charge in [0.2, 0.25) is 17.6 Å². The van der Waals surface area contributed by atoms with Gasteiger partial charge in [0.05, 0.1) is 26.9 Å². The van der Waals surface area contributed by atoms with E-state index in [0.717, 1.165) is 11.3 Å². The minimum absolute atomic E-state index is 0.0838. The lowest BCUT2D eigenvalue weighted by Gasteiger charge is -2.05. The molecule has 0 bridgehead atoms. The first kappa shape index (κ1) is 18.9. The number of aryl methyl sites for hydroxylation is 1. The summed E-state index contributed by atoms with van der Waals surface area (Å²) < 4.78 is 20.4. The number of methoxy groups -OCH3 is 2. The smallest absolute Gasteiger partial charge is 0.227 e. The van der Waals surface area contributed by atoms with Crippen molar-refractivity contribution in [1.82, 2.24) is 15.5 Å². The van der Waals surface area contributed by atoms with Gasteiger partial charge in [-0.05, 0) is 24.3 Å². The number of hydrogen-bond acceptors (Lipinski definition) is 7. The van der Waals surface area contributed by atoms with Crippen LogP contribution in [-0.2, 0) is 20.7 Å². The Hall–Kier alpha value is -2.45. The monoisotopic (exact) mass is 349 g/mol. The van der Waals surface area contributed by atoms with Crippen LogP contribution >= 0.6 is 0 Å². The summed E-state index contributed by atoms with van der Waals surface area (Å²) in [5.74, 6) is 1.59. The molecule has 136 valence electrons. The molecule has 1 N–H and O–H groups in total. The van der Waals surface area contributed by atoms with Crippen molar-refractivity contribution in [3.63, 3.8) is 0 Å². The zero-order valence-electron chi connectivity index (χ0n) is 14.5. The first-order valence-electron chi connectivity index (χ1n) is 8.03. The third-order valence-electron chi connectivity index (χ3n) is 3.38. The summed E-state index contributed by atoms with van der Waals surface area (Å²) in [5.41, 5.74) is 0.827. The van der Waals surface area contributed by atoms with Gasteiger partial charge in [-0.2, -0.15) is 4.98 Å². The van der Waals surface area contributed by atoms with Crippen molar-refractivity contribution in [2.45, 2.75) is 12.8 Å². The van der Waals surface area contributed by atoms with E-state index in [4.69, 9.17) is 18.7 Å². The van der Waals surface area contributed by atoms with Gasteiger partial charge in [-0.15, -0.1) is 0 Å². The van der Waals surface area contributed by atoms with Crippen molar-refractivity contribution >= 4 is 5.91 Å². The van der Waals surface area contributed by atoms with Crippen LogP contribution in [0.3, 0.4) is 0 Å². The Balaban J connectivity index is 1.71. The second kappa shape index (κ2) is 10.4. The Morgan fingerprint density at radius 1 is 1.16 bits per heavy atom. The molecule has 0 radical (unpaired) electrons. The minimum atomic E-state index is -0.0838. The van der Waals surface area contributed by atoms with Crippen LogP contribution in [0.2, 0.25) is 0 Å². The molecule has 1 aromatic heterocycles. The predicted octanol–water partition coefficient (Wildman–Crippen LogP) is 1.46. The minimum Gasteiger partial charge on any atom is -0.497 e. The normalized spacial score (nSPS) is 10.6. The van der Waals surface area contributed by atoms with Crippen molar-refractivity contribution < 1.29 is 23.5 Å². The predicted molar refractivity (Wildman–Crippen MR) is 90.3 cm³/mol. The molecule has 1 heterocycles. The van der Waals surface area contributed by atoms with E-state index in [1.807, 2.05) is 24.3 Å². The number of carbonyl (C=O) groups is 1. The van der Waals surface area contributed by atoms with Crippen molar-refractivity contribution in [2.24, 2.45) is 0 Å². The lowest BCUT2D eigenvalue weighted by atomic mass is 10.2. The zero-order chi connectivity index (χ0) is 17.9. The number of nitrogens with zero attached hydrogens (tertiary/aromatic N) is 2. The van der Waals surface area contributed by atoms with E-state index < -0.39 is 0 Å². The Morgan fingerprint density at radius 2 is 1.96 bits per heavy atom. The Bertz CT molecular complexity index is 642. The standard InChI is InChI=1S/C17H23N3O5/c1-22-11-12-24-10-9-18-15(21)7-8-16-19-17(20-25-16)13-3-5-14(23-2)6-4-13/h3-6H,7-12H2,1-2H3,(H,18,21). The Kier molecular flexibility index (Phi) is 7.87. The fourth-order valence-corrected chi connectivity index (χ4v) is 2.03. The maximum Gasteiger partial charge on any atom is 0.227 e. The van der Waals surface area contributed by atoms with Crippen LogP contribution in [-0.4, -0.2) is 56.6 Å². The van der Waals surface area contributed by atoms with E-state index in [2.05, 4.69) is 15.5 Å². The summed E-state index contributed by atoms with van der Waals surface area (Å²) in [5, 5.41) is 6.71. The SMILES string of the molecule is COCCOCCNC(=O)CCc1nc(-c2ccc(OC)cc2)no1. The topological polar surface area (TPSA) is 95.7 Å². The molecule has 0 saturated heterocycles. The van der Waals surface area contributed by atoms with E-state index >= 15 is 0 Å². The highest BCUT2D eigenvalue weighted by atomic mass is 16.5. The first-order chi connectivity index (χ1) is 12.2. The molecule has 0 unspecified atom stereocenters. The molecule has 8 nitrogen and oxygen atoms in total. The molecule has 2 rings (SSSR count). The van der Waals surface area contributed by atoms with E-state index in [-0.39, 0.29) is 12.3 Å². The van der Waals surface area contributed by atoms with Gasteiger partial charge in [0, 0.05) is 32.1 Å². The van der Waals surface area contributed by atoms with Gasteiger partial charge < -0.3 is 24.1 Å². The molecule has 0 aliphatic heterocycles. The number of hydrogen-bond donors (Lipinski definition) is 1. The quantitative estimate of drug-likeness (QED) is 0.614. The maximum absolute atomic E-state index is 11.8. The first-order valence-corrected chi connectivity index (χ1v) is 8.03. The molecule has 0 aliphatic rings. The molecule has 0 saturated carbocycles. The summed E-state index contributed by atoms with van der Waals surface area (Å²) in [7, 11) is 3.22. The molecule has 0 atom stereocenters. The highest BCUT2D eigenvalue weighted by molar-refractivity contribution is 5.76. The maximum atomic E-state index is 11.8. The van der Waals surface area contributed by atoms with Gasteiger partial charge in [-0.25, -0.2) is 0 Å². The number of ether oxygens (including phenoxy) is 3. The average molecular weight is 349 g/mol. The van der Waals surface area contributed by atoms with Gasteiger partial charge >= 0.3 is 0 Å². The molecule has 8 heteroatoms. The summed E-state index contributed by atoms with van der Waals surface area (Å²) in [6.45, 7) is 1.98. The number of rotatable bonds is 11. The van der Waals surface area contributed by atoms with Crippen LogP contribution < -0.4 is 10.1 Å². The molecule has 2 aromatic rings. The van der Waals surface area contributed by atoms with E-state index in [0.29, 0.717) is 44.5 Å². The van der Waals surface area contributed by atoms with Crippen molar-refractivity contribution in [1.29, 1.82) is 0 Å². The van der Waals surface area contributed by atoms with E-state index in [9.17, 15) is 4.79 Å². The third kappa shape index (κ3) is 6.52. The average Bonchev–Trinajstić information content (AvgIpc) is 3.12. The lowest BCUT2D eigenvalue weighted by molar-refractivity contribution is -0.121. The van der Waals surface area contributed by atoms with Crippen LogP contribution in [0.4, 0.5) is 0 Å². The Labute approximate surface area is 146 Å². The van der Waals surface area contributed by atoms with Gasteiger partial charge in [0.1, 0.15) is 5.75 Å². The van der Waals surface area contributed by atoms with Gasteiger partial charge in [-0.1, -0.05) is 5.16 Å². The number of nitrogens with one attached hydrogen (secondary N) is 1. The van der Waals surface area contributed by atoms with Crippen molar-refractivity contribution in [2.75, 3.05) is 40.6 Å². The molecule has 25 heavy (non-hydrogen) atoms. The molecule has 0 fully saturated rings. The summed E-state index contributed by atoms with van der Waals surface area (Å²) in [4.78, 5) is 16.1. The molecule has 1 aromatic carbocycles. The number of amides is 1. The summed E-state index contributed by atoms with van der Waals surface area (Å²) in [6, 6.07) is 7.36. The third-order valence-corrected chi connectivity index (χ3v) is 3.38. The largest absolute Gasteiger partial charge is 0.497 e. The van der Waals surface area contributed by atoms with Crippen LogP contribution in [0.25, 0.3) is 11.4 Å². The highest BCUT2D eigenvalue weighted by Crippen LogP contribution is 2.19. The van der Waals surface area contributed by atoms with Crippen LogP contribution in [0, 0.1) is 0 Å². The zero-order valence-corrected chi connectivity index (χ0v) is 14.5. The van der Waals surface area contributed by atoms with Gasteiger partial charge in [-0.3, -0.25) is 4.79 Å². The molecular weight excluding hydrogens is 326 g/mol. The van der Waals surface area contributed by atoms with Crippen LogP contribution in [0.5, 0.6) is 5.75 Å². The van der Waals surface area contributed by atoms with Crippen LogP contribution in [0.1, 0.15) is 12.3 Å². The van der Waals surface area contributed by atoms with Gasteiger partial charge in [0.25, 0.3) is 0 Å². The van der Waals surface area contributed by atoms with E-state index in [1.165, 1.54) is 0 Å². The molecule has 1 amide bonds. The molecular formula is C17H23N3O5. The highest BCUT2D eigenvalue weighted by Gasteiger charge is 2.10. The summed E-state index contributed by atoms with van der Waals surface area (Å²) >= 11 is 0.